The zero-order valence-corrected chi connectivity index (χ0v) is 17.2. The fourth-order valence-corrected chi connectivity index (χ4v) is 4.18. The Balaban J connectivity index is 1.54. The molecule has 0 saturated carbocycles. The minimum atomic E-state index is -0.625. The topological polar surface area (TPSA) is 95.2 Å². The Bertz CT molecular complexity index is 998. The molecule has 0 spiro atoms. The largest absolute Gasteiger partial charge is 0.508 e. The van der Waals surface area contributed by atoms with E-state index in [4.69, 9.17) is 10.7 Å². The molecule has 6 nitrogen and oxygen atoms in total. The van der Waals surface area contributed by atoms with Crippen LogP contribution in [0.5, 0.6) is 5.75 Å². The van der Waals surface area contributed by atoms with E-state index in [1.165, 1.54) is 0 Å². The summed E-state index contributed by atoms with van der Waals surface area (Å²) in [5.41, 5.74) is 10.2. The highest BCUT2D eigenvalue weighted by Gasteiger charge is 2.33. The van der Waals surface area contributed by atoms with E-state index in [1.54, 1.807) is 24.3 Å². The lowest BCUT2D eigenvalue weighted by atomic mass is 9.98. The highest BCUT2D eigenvalue weighted by Crippen LogP contribution is 2.32. The van der Waals surface area contributed by atoms with E-state index in [0.29, 0.717) is 13.0 Å². The minimum absolute atomic E-state index is 0.0527. The Labute approximate surface area is 176 Å². The number of imidazole rings is 1. The molecule has 4 N–H and O–H groups in total. The summed E-state index contributed by atoms with van der Waals surface area (Å²) in [6.07, 6.45) is 3.34. The average Bonchev–Trinajstić information content (AvgIpc) is 3.17. The molecule has 1 saturated heterocycles. The van der Waals surface area contributed by atoms with Gasteiger partial charge in [0.25, 0.3) is 0 Å². The lowest BCUT2D eigenvalue weighted by Crippen LogP contribution is -2.48. The van der Waals surface area contributed by atoms with Gasteiger partial charge in [-0.1, -0.05) is 42.5 Å². The zero-order valence-electron chi connectivity index (χ0n) is 17.2. The van der Waals surface area contributed by atoms with Crippen LogP contribution in [-0.2, 0) is 11.2 Å². The molecular formula is C24H28N4O2. The number of aromatic nitrogens is 2. The number of aromatic amines is 1. The van der Waals surface area contributed by atoms with Crippen molar-refractivity contribution in [1.29, 1.82) is 0 Å². The van der Waals surface area contributed by atoms with Gasteiger partial charge in [-0.25, -0.2) is 4.98 Å². The fourth-order valence-electron chi connectivity index (χ4n) is 4.18. The summed E-state index contributed by atoms with van der Waals surface area (Å²) in [7, 11) is 0. The van der Waals surface area contributed by atoms with Crippen molar-refractivity contribution in [3.63, 3.8) is 0 Å². The third kappa shape index (κ3) is 4.24. The standard InChI is InChI=1S/C24H28N4O2/c1-16-22(18-7-3-2-4-8-18)27-23(26-16)21-9-5-6-14-28(21)24(30)20(25)15-17-10-12-19(29)13-11-17/h2-4,7-8,10-13,20-21,29H,5-6,9,14-15,25H2,1H3,(H,26,27)/t20-,21-/m0/s1. The lowest BCUT2D eigenvalue weighted by molar-refractivity contribution is -0.136. The van der Waals surface area contributed by atoms with Gasteiger partial charge in [0, 0.05) is 17.8 Å². The summed E-state index contributed by atoms with van der Waals surface area (Å²) < 4.78 is 0. The SMILES string of the molecule is Cc1[nH]c([C@@H]2CCCCN2C(=O)[C@@H](N)Cc2ccc(O)cc2)nc1-c1ccccc1. The first-order valence-corrected chi connectivity index (χ1v) is 10.5. The van der Waals surface area contributed by atoms with Crippen LogP contribution in [0.3, 0.4) is 0 Å². The monoisotopic (exact) mass is 404 g/mol. The predicted octanol–water partition coefficient (Wildman–Crippen LogP) is 3.71. The van der Waals surface area contributed by atoms with Gasteiger partial charge in [0.15, 0.2) is 0 Å². The number of H-pyrrole nitrogens is 1. The number of nitrogens with zero attached hydrogens (tertiary/aromatic N) is 2. The van der Waals surface area contributed by atoms with E-state index in [1.807, 2.05) is 42.2 Å². The maximum absolute atomic E-state index is 13.2. The predicted molar refractivity (Wildman–Crippen MR) is 117 cm³/mol. The molecule has 0 aliphatic carbocycles. The van der Waals surface area contributed by atoms with Gasteiger partial charge in [-0.3, -0.25) is 4.79 Å². The second kappa shape index (κ2) is 8.71. The molecule has 1 aliphatic heterocycles. The molecule has 2 heterocycles. The summed E-state index contributed by atoms with van der Waals surface area (Å²) in [6, 6.07) is 16.2. The molecule has 156 valence electrons. The normalized spacial score (nSPS) is 17.7. The highest BCUT2D eigenvalue weighted by molar-refractivity contribution is 5.82. The van der Waals surface area contributed by atoms with Gasteiger partial charge in [0.05, 0.1) is 17.8 Å². The van der Waals surface area contributed by atoms with Crippen LogP contribution in [0.2, 0.25) is 0 Å². The highest BCUT2D eigenvalue weighted by atomic mass is 16.3. The van der Waals surface area contributed by atoms with Crippen LogP contribution < -0.4 is 5.73 Å². The summed E-state index contributed by atoms with van der Waals surface area (Å²) >= 11 is 0. The Morgan fingerprint density at radius 3 is 2.67 bits per heavy atom. The number of nitrogens with one attached hydrogen (secondary N) is 1. The van der Waals surface area contributed by atoms with Gasteiger partial charge in [-0.2, -0.15) is 0 Å². The van der Waals surface area contributed by atoms with E-state index < -0.39 is 6.04 Å². The van der Waals surface area contributed by atoms with Gasteiger partial charge in [-0.05, 0) is 50.3 Å². The van der Waals surface area contributed by atoms with Crippen molar-refractivity contribution < 1.29 is 9.90 Å². The van der Waals surface area contributed by atoms with Gasteiger partial charge in [0.1, 0.15) is 11.6 Å². The number of carbonyl (C=O) groups excluding carboxylic acids is 1. The van der Waals surface area contributed by atoms with Crippen molar-refractivity contribution in [3.05, 3.63) is 71.7 Å². The quantitative estimate of drug-likeness (QED) is 0.604. The van der Waals surface area contributed by atoms with Gasteiger partial charge in [-0.15, -0.1) is 0 Å². The summed E-state index contributed by atoms with van der Waals surface area (Å²) in [5.74, 6) is 0.983. The number of aryl methyl sites for hydroxylation is 1. The summed E-state index contributed by atoms with van der Waals surface area (Å²) in [6.45, 7) is 2.71. The van der Waals surface area contributed by atoms with Crippen molar-refractivity contribution in [1.82, 2.24) is 14.9 Å². The molecule has 0 radical (unpaired) electrons. The molecule has 2 atom stereocenters. The third-order valence-corrected chi connectivity index (χ3v) is 5.76. The van der Waals surface area contributed by atoms with Crippen molar-refractivity contribution in [3.8, 4) is 17.0 Å². The maximum Gasteiger partial charge on any atom is 0.240 e. The second-order valence-corrected chi connectivity index (χ2v) is 7.98. The number of carbonyl (C=O) groups is 1. The molecule has 1 amide bonds. The molecule has 1 fully saturated rings. The fraction of sp³-hybridized carbons (Fsp3) is 0.333. The maximum atomic E-state index is 13.2. The summed E-state index contributed by atoms with van der Waals surface area (Å²) in [5, 5.41) is 9.45. The van der Waals surface area contributed by atoms with Gasteiger partial charge >= 0.3 is 0 Å². The molecular weight excluding hydrogens is 376 g/mol. The molecule has 6 heteroatoms. The smallest absolute Gasteiger partial charge is 0.240 e. The number of aromatic hydroxyl groups is 1. The Morgan fingerprint density at radius 2 is 1.93 bits per heavy atom. The number of rotatable bonds is 5. The molecule has 1 aliphatic rings. The van der Waals surface area contributed by atoms with Crippen LogP contribution in [0.4, 0.5) is 0 Å². The first-order chi connectivity index (χ1) is 14.5. The van der Waals surface area contributed by atoms with Crippen LogP contribution >= 0.6 is 0 Å². The Hall–Kier alpha value is -3.12. The molecule has 0 unspecified atom stereocenters. The Morgan fingerprint density at radius 1 is 1.20 bits per heavy atom. The van der Waals surface area contributed by atoms with Gasteiger partial charge in [0.2, 0.25) is 5.91 Å². The van der Waals surface area contributed by atoms with Gasteiger partial charge < -0.3 is 20.7 Å². The number of hydrogen-bond acceptors (Lipinski definition) is 4. The molecule has 3 aromatic rings. The number of phenolic OH excluding ortho intramolecular Hbond substituents is 1. The molecule has 4 rings (SSSR count). The number of nitrogens with two attached hydrogens (primary N) is 1. The second-order valence-electron chi connectivity index (χ2n) is 7.98. The van der Waals surface area contributed by atoms with E-state index in [0.717, 1.165) is 47.6 Å². The lowest BCUT2D eigenvalue weighted by Gasteiger charge is -2.36. The van der Waals surface area contributed by atoms with Crippen LogP contribution in [0, 0.1) is 6.92 Å². The van der Waals surface area contributed by atoms with Crippen LogP contribution in [0.1, 0.15) is 42.4 Å². The van der Waals surface area contributed by atoms with E-state index in [9.17, 15) is 9.90 Å². The van der Waals surface area contributed by atoms with Crippen LogP contribution in [0.15, 0.2) is 54.6 Å². The molecule has 0 bridgehead atoms. The zero-order chi connectivity index (χ0) is 21.1. The number of hydrogen-bond donors (Lipinski definition) is 3. The number of piperidine rings is 1. The van der Waals surface area contributed by atoms with Crippen molar-refractivity contribution >= 4 is 5.91 Å². The number of phenols is 1. The third-order valence-electron chi connectivity index (χ3n) is 5.76. The van der Waals surface area contributed by atoms with Crippen molar-refractivity contribution in [2.24, 2.45) is 5.73 Å². The first kappa shape index (κ1) is 20.2. The number of benzene rings is 2. The van der Waals surface area contributed by atoms with E-state index >= 15 is 0 Å². The first-order valence-electron chi connectivity index (χ1n) is 10.5. The van der Waals surface area contributed by atoms with E-state index in [2.05, 4.69) is 4.98 Å². The van der Waals surface area contributed by atoms with Crippen LogP contribution in [0.25, 0.3) is 11.3 Å². The van der Waals surface area contributed by atoms with Crippen molar-refractivity contribution in [2.75, 3.05) is 6.54 Å². The Kier molecular flexibility index (Phi) is 5.86. The molecule has 30 heavy (non-hydrogen) atoms. The number of amides is 1. The van der Waals surface area contributed by atoms with Crippen molar-refractivity contribution in [2.45, 2.75) is 44.7 Å². The summed E-state index contributed by atoms with van der Waals surface area (Å²) in [4.78, 5) is 23.4. The average molecular weight is 405 g/mol. The van der Waals surface area contributed by atoms with E-state index in [-0.39, 0.29) is 17.7 Å². The number of likely N-dealkylation sites (tertiary alicyclic amines) is 1. The van der Waals surface area contributed by atoms with Crippen LogP contribution in [-0.4, -0.2) is 38.5 Å². The minimum Gasteiger partial charge on any atom is -0.508 e. The molecule has 2 aromatic carbocycles. The molecule has 1 aromatic heterocycles.